The summed E-state index contributed by atoms with van der Waals surface area (Å²) in [4.78, 5) is 31.2. The average molecular weight is 264 g/mol. The third-order valence-corrected chi connectivity index (χ3v) is 3.10. The zero-order chi connectivity index (χ0) is 14.1. The van der Waals surface area contributed by atoms with Gasteiger partial charge in [-0.3, -0.25) is 9.59 Å². The molecule has 0 spiro atoms. The third-order valence-electron chi connectivity index (χ3n) is 3.10. The highest BCUT2D eigenvalue weighted by Gasteiger charge is 2.15. The molecular formula is C16H12N2O2. The summed E-state index contributed by atoms with van der Waals surface area (Å²) in [5.74, 6) is -0.366. The number of aromatic nitrogens is 2. The predicted octanol–water partition coefficient (Wildman–Crippen LogP) is 2.46. The first-order valence-electron chi connectivity index (χ1n) is 6.25. The van der Waals surface area contributed by atoms with Crippen LogP contribution in [0.25, 0.3) is 11.0 Å². The fourth-order valence-corrected chi connectivity index (χ4v) is 2.08. The van der Waals surface area contributed by atoms with Gasteiger partial charge in [-0.25, -0.2) is 4.98 Å². The Morgan fingerprint density at radius 2 is 1.85 bits per heavy atom. The molecule has 4 nitrogen and oxygen atoms in total. The van der Waals surface area contributed by atoms with E-state index in [0.29, 0.717) is 16.6 Å². The Hall–Kier alpha value is -2.75. The smallest absolute Gasteiger partial charge is 0.278 e. The minimum atomic E-state index is -0.461. The van der Waals surface area contributed by atoms with Gasteiger partial charge in [0.25, 0.3) is 5.56 Å². The van der Waals surface area contributed by atoms with E-state index in [0.717, 1.165) is 5.56 Å². The Kier molecular flexibility index (Phi) is 2.91. The molecule has 3 aromatic rings. The maximum atomic E-state index is 12.3. The Bertz CT molecular complexity index is 851. The molecule has 0 aliphatic heterocycles. The first-order valence-corrected chi connectivity index (χ1v) is 6.25. The maximum Gasteiger partial charge on any atom is 0.278 e. The van der Waals surface area contributed by atoms with Crippen molar-refractivity contribution in [3.63, 3.8) is 0 Å². The first kappa shape index (κ1) is 12.3. The Balaban J connectivity index is 2.17. The van der Waals surface area contributed by atoms with Gasteiger partial charge in [-0.1, -0.05) is 36.4 Å². The number of benzene rings is 2. The van der Waals surface area contributed by atoms with Gasteiger partial charge in [0.15, 0.2) is 5.69 Å². The molecule has 0 radical (unpaired) electrons. The van der Waals surface area contributed by atoms with Crippen molar-refractivity contribution in [1.29, 1.82) is 0 Å². The van der Waals surface area contributed by atoms with Gasteiger partial charge in [-0.05, 0) is 24.6 Å². The number of hydrogen-bond acceptors (Lipinski definition) is 3. The molecule has 0 aliphatic rings. The summed E-state index contributed by atoms with van der Waals surface area (Å²) >= 11 is 0. The van der Waals surface area contributed by atoms with Crippen molar-refractivity contribution in [2.45, 2.75) is 6.92 Å². The Labute approximate surface area is 115 Å². The van der Waals surface area contributed by atoms with Crippen molar-refractivity contribution in [2.75, 3.05) is 0 Å². The second-order valence-electron chi connectivity index (χ2n) is 4.63. The van der Waals surface area contributed by atoms with Crippen molar-refractivity contribution in [2.24, 2.45) is 0 Å². The lowest BCUT2D eigenvalue weighted by molar-refractivity contribution is 0.103. The number of aromatic amines is 1. The van der Waals surface area contributed by atoms with Crippen molar-refractivity contribution in [1.82, 2.24) is 9.97 Å². The molecule has 0 bridgehead atoms. The molecule has 1 heterocycles. The summed E-state index contributed by atoms with van der Waals surface area (Å²) in [5.41, 5.74) is 2.19. The van der Waals surface area contributed by atoms with E-state index in [1.807, 2.05) is 25.1 Å². The molecule has 0 unspecified atom stereocenters. The minimum absolute atomic E-state index is 0.0763. The molecule has 0 atom stereocenters. The van der Waals surface area contributed by atoms with Crippen LogP contribution in [0.1, 0.15) is 21.6 Å². The van der Waals surface area contributed by atoms with Crippen LogP contribution < -0.4 is 5.56 Å². The molecular weight excluding hydrogens is 252 g/mol. The van der Waals surface area contributed by atoms with Crippen LogP contribution in [0.15, 0.2) is 53.3 Å². The summed E-state index contributed by atoms with van der Waals surface area (Å²) in [6, 6.07) is 14.2. The zero-order valence-electron chi connectivity index (χ0n) is 10.9. The normalized spacial score (nSPS) is 10.7. The van der Waals surface area contributed by atoms with Crippen molar-refractivity contribution in [3.8, 4) is 0 Å². The van der Waals surface area contributed by atoms with E-state index in [1.165, 1.54) is 0 Å². The number of nitrogens with one attached hydrogen (secondary N) is 1. The van der Waals surface area contributed by atoms with Crippen LogP contribution in [-0.4, -0.2) is 15.8 Å². The molecule has 98 valence electrons. The van der Waals surface area contributed by atoms with Crippen LogP contribution in [0.5, 0.6) is 0 Å². The predicted molar refractivity (Wildman–Crippen MR) is 77.0 cm³/mol. The number of H-pyrrole nitrogens is 1. The van der Waals surface area contributed by atoms with Gasteiger partial charge in [0.05, 0.1) is 11.0 Å². The molecule has 1 N–H and O–H groups in total. The second-order valence-corrected chi connectivity index (χ2v) is 4.63. The van der Waals surface area contributed by atoms with Crippen LogP contribution in [0.3, 0.4) is 0 Å². The maximum absolute atomic E-state index is 12.3. The third kappa shape index (κ3) is 2.12. The number of fused-ring (bicyclic) bond motifs is 1. The number of carbonyl (C=O) groups excluding carboxylic acids is 1. The molecule has 0 saturated heterocycles. The SMILES string of the molecule is Cc1ccc2nc(C(=O)c3ccccc3)c(=O)[nH]c2c1. The van der Waals surface area contributed by atoms with E-state index in [2.05, 4.69) is 9.97 Å². The van der Waals surface area contributed by atoms with Crippen molar-refractivity contribution >= 4 is 16.8 Å². The molecule has 4 heteroatoms. The summed E-state index contributed by atoms with van der Waals surface area (Å²) < 4.78 is 0. The summed E-state index contributed by atoms with van der Waals surface area (Å²) in [7, 11) is 0. The largest absolute Gasteiger partial charge is 0.319 e. The Morgan fingerprint density at radius 1 is 1.10 bits per heavy atom. The van der Waals surface area contributed by atoms with Gasteiger partial charge >= 0.3 is 0 Å². The Morgan fingerprint density at radius 3 is 2.60 bits per heavy atom. The van der Waals surface area contributed by atoms with Crippen LogP contribution in [0, 0.1) is 6.92 Å². The van der Waals surface area contributed by atoms with Gasteiger partial charge in [0.1, 0.15) is 0 Å². The van der Waals surface area contributed by atoms with E-state index in [1.54, 1.807) is 30.3 Å². The molecule has 0 aliphatic carbocycles. The molecule has 2 aromatic carbocycles. The van der Waals surface area contributed by atoms with E-state index < -0.39 is 5.56 Å². The highest BCUT2D eigenvalue weighted by atomic mass is 16.1. The van der Waals surface area contributed by atoms with Crippen molar-refractivity contribution in [3.05, 3.63) is 75.7 Å². The number of nitrogens with zero attached hydrogens (tertiary/aromatic N) is 1. The summed E-state index contributed by atoms with van der Waals surface area (Å²) in [6.45, 7) is 1.93. The summed E-state index contributed by atoms with van der Waals surface area (Å²) in [5, 5.41) is 0. The molecule has 20 heavy (non-hydrogen) atoms. The van der Waals surface area contributed by atoms with E-state index in [-0.39, 0.29) is 11.5 Å². The van der Waals surface area contributed by atoms with Crippen LogP contribution in [0.2, 0.25) is 0 Å². The van der Waals surface area contributed by atoms with Gasteiger partial charge in [-0.2, -0.15) is 0 Å². The van der Waals surface area contributed by atoms with Gasteiger partial charge < -0.3 is 4.98 Å². The number of rotatable bonds is 2. The highest BCUT2D eigenvalue weighted by molar-refractivity contribution is 6.08. The molecule has 0 saturated carbocycles. The monoisotopic (exact) mass is 264 g/mol. The van der Waals surface area contributed by atoms with Crippen molar-refractivity contribution < 1.29 is 4.79 Å². The fourth-order valence-electron chi connectivity index (χ4n) is 2.08. The van der Waals surface area contributed by atoms with E-state index in [9.17, 15) is 9.59 Å². The van der Waals surface area contributed by atoms with Gasteiger partial charge in [-0.15, -0.1) is 0 Å². The quantitative estimate of drug-likeness (QED) is 0.723. The van der Waals surface area contributed by atoms with Gasteiger partial charge in [0.2, 0.25) is 5.78 Å². The van der Waals surface area contributed by atoms with Crippen LogP contribution in [-0.2, 0) is 0 Å². The first-order chi connectivity index (χ1) is 9.65. The molecule has 3 rings (SSSR count). The highest BCUT2D eigenvalue weighted by Crippen LogP contribution is 2.11. The fraction of sp³-hybridized carbons (Fsp3) is 0.0625. The molecule has 1 aromatic heterocycles. The van der Waals surface area contributed by atoms with E-state index >= 15 is 0 Å². The zero-order valence-corrected chi connectivity index (χ0v) is 10.9. The lowest BCUT2D eigenvalue weighted by Crippen LogP contribution is -2.20. The number of ketones is 1. The topological polar surface area (TPSA) is 62.8 Å². The number of aryl methyl sites for hydroxylation is 1. The van der Waals surface area contributed by atoms with Gasteiger partial charge in [0, 0.05) is 5.56 Å². The second kappa shape index (κ2) is 4.74. The standard InChI is InChI=1S/C16H12N2O2/c1-10-7-8-12-13(9-10)18-16(20)14(17-12)15(19)11-5-3-2-4-6-11/h2-9H,1H3,(H,18,20). The summed E-state index contributed by atoms with van der Waals surface area (Å²) in [6.07, 6.45) is 0. The number of carbonyl (C=O) groups is 1. The van der Waals surface area contributed by atoms with E-state index in [4.69, 9.17) is 0 Å². The van der Waals surface area contributed by atoms with Crippen LogP contribution in [0.4, 0.5) is 0 Å². The molecule has 0 amide bonds. The molecule has 0 fully saturated rings. The lowest BCUT2D eigenvalue weighted by Gasteiger charge is -2.03. The average Bonchev–Trinajstić information content (AvgIpc) is 2.46. The lowest BCUT2D eigenvalue weighted by atomic mass is 10.1. The number of hydrogen-bond donors (Lipinski definition) is 1. The van der Waals surface area contributed by atoms with Crippen LogP contribution >= 0.6 is 0 Å². The minimum Gasteiger partial charge on any atom is -0.319 e.